The largest absolute Gasteiger partial charge is 0.460 e. The van der Waals surface area contributed by atoms with Crippen molar-refractivity contribution < 1.29 is 14.1 Å². The monoisotopic (exact) mass is 223 g/mol. The Morgan fingerprint density at radius 2 is 2.53 bits per heavy atom. The van der Waals surface area contributed by atoms with Crippen molar-refractivity contribution in [3.8, 4) is 11.3 Å². The van der Waals surface area contributed by atoms with Crippen LogP contribution >= 0.6 is 11.3 Å². The summed E-state index contributed by atoms with van der Waals surface area (Å²) in [5.74, 6) is -0.343. The number of thiophene rings is 1. The molecule has 0 fully saturated rings. The van der Waals surface area contributed by atoms with Crippen molar-refractivity contribution in [2.75, 3.05) is 6.61 Å². The molecule has 0 aliphatic carbocycles. The van der Waals surface area contributed by atoms with Crippen molar-refractivity contribution in [1.29, 1.82) is 0 Å². The fourth-order valence-corrected chi connectivity index (χ4v) is 1.77. The van der Waals surface area contributed by atoms with Crippen LogP contribution in [0.2, 0.25) is 0 Å². The van der Waals surface area contributed by atoms with Gasteiger partial charge in [-0.25, -0.2) is 4.79 Å². The van der Waals surface area contributed by atoms with Gasteiger partial charge in [0.05, 0.1) is 6.61 Å². The smallest absolute Gasteiger partial charge is 0.377 e. The fraction of sp³-hybridized carbons (Fsp3) is 0.200. The van der Waals surface area contributed by atoms with Crippen LogP contribution < -0.4 is 0 Å². The zero-order valence-electron chi connectivity index (χ0n) is 8.10. The molecule has 2 heterocycles. The lowest BCUT2D eigenvalue weighted by Crippen LogP contribution is -2.02. The van der Waals surface area contributed by atoms with Gasteiger partial charge in [0.1, 0.15) is 5.69 Å². The van der Waals surface area contributed by atoms with E-state index in [-0.39, 0.29) is 5.76 Å². The highest BCUT2D eigenvalue weighted by Gasteiger charge is 2.14. The maximum Gasteiger partial charge on any atom is 0.377 e. The predicted octanol–water partition coefficient (Wildman–Crippen LogP) is 2.58. The van der Waals surface area contributed by atoms with E-state index in [1.54, 1.807) is 24.3 Å². The van der Waals surface area contributed by atoms with Gasteiger partial charge in [-0.15, -0.1) is 0 Å². The minimum atomic E-state index is -0.480. The normalized spacial score (nSPS) is 10.2. The maximum absolute atomic E-state index is 11.3. The van der Waals surface area contributed by atoms with Crippen LogP contribution in [-0.2, 0) is 4.74 Å². The van der Waals surface area contributed by atoms with Crippen molar-refractivity contribution >= 4 is 17.3 Å². The van der Waals surface area contributed by atoms with Crippen LogP contribution in [0, 0.1) is 0 Å². The number of hydrogen-bond acceptors (Lipinski definition) is 5. The summed E-state index contributed by atoms with van der Waals surface area (Å²) in [5.41, 5.74) is 1.60. The van der Waals surface area contributed by atoms with Gasteiger partial charge in [0.15, 0.2) is 0 Å². The lowest BCUT2D eigenvalue weighted by molar-refractivity contribution is 0.0480. The molecule has 0 aliphatic heterocycles. The lowest BCUT2D eigenvalue weighted by Gasteiger charge is -1.94. The molecule has 0 saturated carbocycles. The lowest BCUT2D eigenvalue weighted by atomic mass is 10.2. The molecule has 0 radical (unpaired) electrons. The molecule has 0 amide bonds. The molecule has 0 bridgehead atoms. The molecule has 2 rings (SSSR count). The van der Waals surface area contributed by atoms with E-state index < -0.39 is 5.97 Å². The summed E-state index contributed by atoms with van der Waals surface area (Å²) in [6, 6.07) is 3.50. The van der Waals surface area contributed by atoms with E-state index in [0.29, 0.717) is 12.3 Å². The van der Waals surface area contributed by atoms with E-state index in [2.05, 4.69) is 5.16 Å². The van der Waals surface area contributed by atoms with Gasteiger partial charge in [-0.2, -0.15) is 11.3 Å². The predicted molar refractivity (Wildman–Crippen MR) is 55.8 cm³/mol. The molecule has 0 atom stereocenters. The minimum Gasteiger partial charge on any atom is -0.460 e. The van der Waals surface area contributed by atoms with E-state index in [4.69, 9.17) is 9.26 Å². The van der Waals surface area contributed by atoms with Gasteiger partial charge in [0.25, 0.3) is 0 Å². The Morgan fingerprint density at radius 1 is 1.67 bits per heavy atom. The van der Waals surface area contributed by atoms with Crippen LogP contribution in [-0.4, -0.2) is 17.7 Å². The third-order valence-electron chi connectivity index (χ3n) is 1.80. The average molecular weight is 223 g/mol. The van der Waals surface area contributed by atoms with Gasteiger partial charge in [-0.3, -0.25) is 0 Å². The Labute approximate surface area is 90.5 Å². The number of nitrogens with zero attached hydrogens (tertiary/aromatic N) is 1. The highest BCUT2D eigenvalue weighted by Crippen LogP contribution is 2.21. The first-order valence-corrected chi connectivity index (χ1v) is 5.42. The summed E-state index contributed by atoms with van der Waals surface area (Å²) in [7, 11) is 0. The number of esters is 1. The van der Waals surface area contributed by atoms with Crippen LogP contribution in [0.15, 0.2) is 27.4 Å². The minimum absolute atomic E-state index is 0.137. The number of ether oxygens (including phenoxy) is 1. The first kappa shape index (κ1) is 9.92. The fourth-order valence-electron chi connectivity index (χ4n) is 1.12. The third-order valence-corrected chi connectivity index (χ3v) is 2.49. The van der Waals surface area contributed by atoms with Gasteiger partial charge in [0, 0.05) is 17.0 Å². The average Bonchev–Trinajstić information content (AvgIpc) is 2.89. The number of rotatable bonds is 3. The van der Waals surface area contributed by atoms with Crippen molar-refractivity contribution in [2.45, 2.75) is 6.92 Å². The highest BCUT2D eigenvalue weighted by atomic mass is 32.1. The summed E-state index contributed by atoms with van der Waals surface area (Å²) in [4.78, 5) is 11.3. The summed E-state index contributed by atoms with van der Waals surface area (Å²) < 4.78 is 9.67. The molecule has 2 aromatic heterocycles. The molecule has 0 aliphatic rings. The summed E-state index contributed by atoms with van der Waals surface area (Å²) >= 11 is 1.56. The SMILES string of the molecule is CCOC(=O)c1cc(-c2ccsc2)no1. The molecule has 4 nitrogen and oxygen atoms in total. The Morgan fingerprint density at radius 3 is 3.20 bits per heavy atom. The standard InChI is InChI=1S/C10H9NO3S/c1-2-13-10(12)9-5-8(11-14-9)7-3-4-15-6-7/h3-6H,2H2,1H3. The quantitative estimate of drug-likeness (QED) is 0.750. The zero-order valence-corrected chi connectivity index (χ0v) is 8.91. The number of aromatic nitrogens is 1. The van der Waals surface area contributed by atoms with Crippen molar-refractivity contribution in [2.24, 2.45) is 0 Å². The highest BCUT2D eigenvalue weighted by molar-refractivity contribution is 7.08. The van der Waals surface area contributed by atoms with Crippen LogP contribution in [0.3, 0.4) is 0 Å². The Bertz CT molecular complexity index is 447. The molecule has 0 N–H and O–H groups in total. The van der Waals surface area contributed by atoms with Gasteiger partial charge in [0.2, 0.25) is 5.76 Å². The molecular formula is C10H9NO3S. The van der Waals surface area contributed by atoms with E-state index in [1.807, 2.05) is 16.8 Å². The molecule has 0 aromatic carbocycles. The topological polar surface area (TPSA) is 52.3 Å². The van der Waals surface area contributed by atoms with Gasteiger partial charge >= 0.3 is 5.97 Å². The van der Waals surface area contributed by atoms with Crippen molar-refractivity contribution in [3.63, 3.8) is 0 Å². The second-order valence-electron chi connectivity index (χ2n) is 2.81. The van der Waals surface area contributed by atoms with Crippen molar-refractivity contribution in [3.05, 3.63) is 28.7 Å². The van der Waals surface area contributed by atoms with Gasteiger partial charge in [-0.05, 0) is 18.4 Å². The summed E-state index contributed by atoms with van der Waals surface area (Å²) in [6.45, 7) is 2.07. The number of carbonyl (C=O) groups is 1. The van der Waals surface area contributed by atoms with Crippen LogP contribution in [0.25, 0.3) is 11.3 Å². The molecule has 0 saturated heterocycles. The molecule has 5 heteroatoms. The third kappa shape index (κ3) is 2.07. The maximum atomic E-state index is 11.3. The van der Waals surface area contributed by atoms with Crippen molar-refractivity contribution in [1.82, 2.24) is 5.16 Å². The molecule has 78 valence electrons. The van der Waals surface area contributed by atoms with Crippen LogP contribution in [0.5, 0.6) is 0 Å². The Kier molecular flexibility index (Phi) is 2.82. The van der Waals surface area contributed by atoms with E-state index >= 15 is 0 Å². The molecular weight excluding hydrogens is 214 g/mol. The number of carbonyl (C=O) groups excluding carboxylic acids is 1. The summed E-state index contributed by atoms with van der Waals surface area (Å²) in [6.07, 6.45) is 0. The first-order valence-electron chi connectivity index (χ1n) is 4.47. The van der Waals surface area contributed by atoms with Gasteiger partial charge in [-0.1, -0.05) is 5.16 Å². The van der Waals surface area contributed by atoms with Gasteiger partial charge < -0.3 is 9.26 Å². The van der Waals surface area contributed by atoms with E-state index in [9.17, 15) is 4.79 Å². The molecule has 2 aromatic rings. The number of hydrogen-bond donors (Lipinski definition) is 0. The van der Waals surface area contributed by atoms with E-state index in [0.717, 1.165) is 5.56 Å². The van der Waals surface area contributed by atoms with Crippen LogP contribution in [0.4, 0.5) is 0 Å². The Hall–Kier alpha value is -1.62. The Balaban J connectivity index is 2.21. The van der Waals surface area contributed by atoms with Crippen LogP contribution in [0.1, 0.15) is 17.5 Å². The zero-order chi connectivity index (χ0) is 10.7. The second kappa shape index (κ2) is 4.27. The molecule has 0 spiro atoms. The molecule has 15 heavy (non-hydrogen) atoms. The first-order chi connectivity index (χ1) is 7.31. The summed E-state index contributed by atoms with van der Waals surface area (Å²) in [5, 5.41) is 7.67. The van der Waals surface area contributed by atoms with E-state index in [1.165, 1.54) is 0 Å². The molecule has 0 unspecified atom stereocenters. The second-order valence-corrected chi connectivity index (χ2v) is 3.59.